The summed E-state index contributed by atoms with van der Waals surface area (Å²) in [6.45, 7) is 3.98. The third-order valence-corrected chi connectivity index (χ3v) is 7.04. The van der Waals surface area contributed by atoms with Crippen molar-refractivity contribution in [2.45, 2.75) is 38.0 Å². The van der Waals surface area contributed by atoms with E-state index < -0.39 is 27.3 Å². The molecule has 2 aromatic rings. The zero-order chi connectivity index (χ0) is 19.8. The van der Waals surface area contributed by atoms with Crippen LogP contribution in [0.2, 0.25) is 0 Å². The van der Waals surface area contributed by atoms with E-state index in [4.69, 9.17) is 0 Å². The highest BCUT2D eigenvalue weighted by atomic mass is 32.2. The molecule has 0 atom stereocenters. The number of carbonyl (C=O) groups is 2. The summed E-state index contributed by atoms with van der Waals surface area (Å²) in [5.74, 6) is -1.42. The average molecular weight is 410 g/mol. The summed E-state index contributed by atoms with van der Waals surface area (Å²) >= 11 is 1.12. The Bertz CT molecular complexity index is 995. The van der Waals surface area contributed by atoms with Gasteiger partial charge in [-0.15, -0.1) is 0 Å². The van der Waals surface area contributed by atoms with Crippen LogP contribution in [0.1, 0.15) is 42.1 Å². The lowest BCUT2D eigenvalue weighted by molar-refractivity contribution is -0.115. The summed E-state index contributed by atoms with van der Waals surface area (Å²) < 4.78 is 37.3. The molecule has 6 nitrogen and oxygen atoms in total. The average Bonchev–Trinajstić information content (AvgIpc) is 2.95. The van der Waals surface area contributed by atoms with Gasteiger partial charge in [-0.3, -0.25) is 9.59 Å². The van der Waals surface area contributed by atoms with E-state index in [1.807, 2.05) is 13.8 Å². The number of sulfone groups is 1. The summed E-state index contributed by atoms with van der Waals surface area (Å²) in [6.07, 6.45) is 0.828. The molecule has 1 aromatic heterocycles. The predicted octanol–water partition coefficient (Wildman–Crippen LogP) is 3.24. The second-order valence-corrected chi connectivity index (χ2v) is 10.4. The van der Waals surface area contributed by atoms with Crippen LogP contribution in [0.3, 0.4) is 0 Å². The highest BCUT2D eigenvalue weighted by Gasteiger charge is 2.34. The summed E-state index contributed by atoms with van der Waals surface area (Å²) in [5, 5.41) is 2.87. The lowest BCUT2D eigenvalue weighted by atomic mass is 9.78. The molecular weight excluding hydrogens is 391 g/mol. The molecule has 1 aromatic carbocycles. The number of benzene rings is 1. The van der Waals surface area contributed by atoms with Gasteiger partial charge in [0.1, 0.15) is 5.82 Å². The van der Waals surface area contributed by atoms with E-state index in [-0.39, 0.29) is 22.5 Å². The quantitative estimate of drug-likeness (QED) is 0.764. The van der Waals surface area contributed by atoms with Crippen molar-refractivity contribution < 1.29 is 22.4 Å². The highest BCUT2D eigenvalue weighted by molar-refractivity contribution is 7.91. The molecular formula is C18H19FN2O4S2. The number of thiazole rings is 1. The van der Waals surface area contributed by atoms with Crippen LogP contribution < -0.4 is 5.32 Å². The Morgan fingerprint density at radius 3 is 2.59 bits per heavy atom. The van der Waals surface area contributed by atoms with Crippen molar-refractivity contribution in [3.63, 3.8) is 0 Å². The number of hydrogen-bond donors (Lipinski definition) is 1. The molecule has 1 amide bonds. The number of amides is 1. The van der Waals surface area contributed by atoms with Crippen molar-refractivity contribution >= 4 is 38.0 Å². The van der Waals surface area contributed by atoms with Crippen molar-refractivity contribution in [1.82, 2.24) is 4.98 Å². The molecule has 1 heterocycles. The Kier molecular flexibility index (Phi) is 5.18. The van der Waals surface area contributed by atoms with Gasteiger partial charge in [-0.1, -0.05) is 25.2 Å². The molecule has 144 valence electrons. The van der Waals surface area contributed by atoms with Crippen molar-refractivity contribution in [3.8, 4) is 0 Å². The van der Waals surface area contributed by atoms with Crippen molar-refractivity contribution in [1.29, 1.82) is 0 Å². The van der Waals surface area contributed by atoms with Crippen molar-refractivity contribution in [3.05, 3.63) is 40.7 Å². The number of fused-ring (bicyclic) bond motifs is 1. The fourth-order valence-corrected chi connectivity index (χ4v) is 5.12. The summed E-state index contributed by atoms with van der Waals surface area (Å²) in [7, 11) is -3.69. The van der Waals surface area contributed by atoms with E-state index in [2.05, 4.69) is 10.3 Å². The molecule has 27 heavy (non-hydrogen) atoms. The fraction of sp³-hybridized carbons (Fsp3) is 0.389. The number of nitrogens with zero attached hydrogens (tertiary/aromatic N) is 1. The largest absolute Gasteiger partial charge is 0.302 e. The molecule has 0 unspecified atom stereocenters. The molecule has 0 saturated carbocycles. The summed E-state index contributed by atoms with van der Waals surface area (Å²) in [6, 6.07) is 4.46. The van der Waals surface area contributed by atoms with E-state index in [1.54, 1.807) is 0 Å². The number of carbonyl (C=O) groups excluding carboxylic acids is 2. The molecule has 0 fully saturated rings. The minimum Gasteiger partial charge on any atom is -0.302 e. The SMILES string of the molecule is CC1(C)CC(=O)c2sc(NC(=O)CCS(=O)(=O)c3ccc(F)cc3)nc2C1. The lowest BCUT2D eigenvalue weighted by Gasteiger charge is -2.26. The highest BCUT2D eigenvalue weighted by Crippen LogP contribution is 2.38. The van der Waals surface area contributed by atoms with Gasteiger partial charge in [0.25, 0.3) is 0 Å². The van der Waals surface area contributed by atoms with Crippen molar-refractivity contribution in [2.75, 3.05) is 11.1 Å². The Morgan fingerprint density at radius 1 is 1.26 bits per heavy atom. The van der Waals surface area contributed by atoms with Gasteiger partial charge >= 0.3 is 0 Å². The smallest absolute Gasteiger partial charge is 0.227 e. The molecule has 1 N–H and O–H groups in total. The minimum atomic E-state index is -3.69. The lowest BCUT2D eigenvalue weighted by Crippen LogP contribution is -2.26. The Hall–Kier alpha value is -2.13. The van der Waals surface area contributed by atoms with E-state index >= 15 is 0 Å². The van der Waals surface area contributed by atoms with Crippen LogP contribution in [-0.4, -0.2) is 30.8 Å². The first-order valence-electron chi connectivity index (χ1n) is 8.37. The number of Topliss-reactive ketones (excluding diaryl/α,β-unsaturated/α-hetero) is 1. The van der Waals surface area contributed by atoms with Gasteiger partial charge in [0, 0.05) is 12.8 Å². The molecule has 0 aliphatic heterocycles. The second kappa shape index (κ2) is 7.12. The second-order valence-electron chi connectivity index (χ2n) is 7.31. The number of ketones is 1. The van der Waals surface area contributed by atoms with Gasteiger partial charge < -0.3 is 5.32 Å². The van der Waals surface area contributed by atoms with E-state index in [0.29, 0.717) is 28.5 Å². The van der Waals surface area contributed by atoms with Crippen molar-refractivity contribution in [2.24, 2.45) is 5.41 Å². The zero-order valence-corrected chi connectivity index (χ0v) is 16.5. The maximum absolute atomic E-state index is 12.9. The first kappa shape index (κ1) is 19.6. The van der Waals surface area contributed by atoms with Gasteiger partial charge in [0.05, 0.1) is 21.2 Å². The Labute approximate surface area is 160 Å². The maximum atomic E-state index is 12.9. The topological polar surface area (TPSA) is 93.2 Å². The number of halogens is 1. The van der Waals surface area contributed by atoms with Crippen LogP contribution in [0.15, 0.2) is 29.2 Å². The number of anilines is 1. The van der Waals surface area contributed by atoms with E-state index in [0.717, 1.165) is 23.5 Å². The monoisotopic (exact) mass is 410 g/mol. The first-order valence-corrected chi connectivity index (χ1v) is 10.8. The standard InChI is InChI=1S/C18H19FN2O4S2/c1-18(2)9-13-16(14(22)10-18)26-17(20-13)21-15(23)7-8-27(24,25)12-5-3-11(19)4-6-12/h3-6H,7-10H2,1-2H3,(H,20,21,23). The van der Waals surface area contributed by atoms with E-state index in [9.17, 15) is 22.4 Å². The molecule has 0 bridgehead atoms. The third-order valence-electron chi connectivity index (χ3n) is 4.25. The van der Waals surface area contributed by atoms with Gasteiger partial charge in [0.15, 0.2) is 20.8 Å². The molecule has 0 radical (unpaired) electrons. The van der Waals surface area contributed by atoms with Crippen LogP contribution in [0.25, 0.3) is 0 Å². The maximum Gasteiger partial charge on any atom is 0.227 e. The van der Waals surface area contributed by atoms with Crippen LogP contribution in [0, 0.1) is 11.2 Å². The van der Waals surface area contributed by atoms with E-state index in [1.165, 1.54) is 12.1 Å². The minimum absolute atomic E-state index is 0.0122. The zero-order valence-electron chi connectivity index (χ0n) is 14.9. The third kappa shape index (κ3) is 4.59. The number of hydrogen-bond acceptors (Lipinski definition) is 6. The van der Waals surface area contributed by atoms with Crippen LogP contribution in [0.4, 0.5) is 9.52 Å². The first-order chi connectivity index (χ1) is 12.6. The Balaban J connectivity index is 1.63. The molecule has 3 rings (SSSR count). The van der Waals surface area contributed by atoms with Crippen LogP contribution in [-0.2, 0) is 21.1 Å². The molecule has 0 saturated heterocycles. The van der Waals surface area contributed by atoms with Crippen LogP contribution >= 0.6 is 11.3 Å². The summed E-state index contributed by atoms with van der Waals surface area (Å²) in [4.78, 5) is 29.2. The summed E-state index contributed by atoms with van der Waals surface area (Å²) in [5.41, 5.74) is 0.512. The molecule has 0 spiro atoms. The normalized spacial score (nSPS) is 16.0. The molecule has 1 aliphatic rings. The van der Waals surface area contributed by atoms with Gasteiger partial charge in [0.2, 0.25) is 5.91 Å². The number of rotatable bonds is 5. The van der Waals surface area contributed by atoms with Gasteiger partial charge in [-0.2, -0.15) is 0 Å². The molecule has 9 heteroatoms. The molecule has 1 aliphatic carbocycles. The fourth-order valence-electron chi connectivity index (χ4n) is 2.94. The van der Waals surface area contributed by atoms with Gasteiger partial charge in [-0.05, 0) is 36.1 Å². The van der Waals surface area contributed by atoms with Gasteiger partial charge in [-0.25, -0.2) is 17.8 Å². The Morgan fingerprint density at radius 2 is 1.93 bits per heavy atom. The number of aromatic nitrogens is 1. The predicted molar refractivity (Wildman–Crippen MR) is 100 cm³/mol. The number of nitrogens with one attached hydrogen (secondary N) is 1. The van der Waals surface area contributed by atoms with Crippen LogP contribution in [0.5, 0.6) is 0 Å².